The summed E-state index contributed by atoms with van der Waals surface area (Å²) in [7, 11) is 0. The van der Waals surface area contributed by atoms with E-state index in [1.165, 1.54) is 0 Å². The number of anilines is 2. The molecule has 0 saturated heterocycles. The number of aryl methyl sites for hydroxylation is 3. The summed E-state index contributed by atoms with van der Waals surface area (Å²) in [5.74, 6) is -1.37. The normalized spacial score (nSPS) is 14.1. The molecule has 0 bridgehead atoms. The van der Waals surface area contributed by atoms with Gasteiger partial charge in [-0.1, -0.05) is 61.6 Å². The number of urea groups is 1. The van der Waals surface area contributed by atoms with Crippen molar-refractivity contribution in [3.63, 3.8) is 0 Å². The number of nitrogens with one attached hydrogen (secondary N) is 3. The second kappa shape index (κ2) is 11.2. The number of fused-ring (bicyclic) bond motifs is 1. The topological polar surface area (TPSA) is 109 Å². The lowest BCUT2D eigenvalue weighted by molar-refractivity contribution is -0.154. The number of hydrogen-bond donors (Lipinski definition) is 3. The molecule has 1 aliphatic rings. The maximum atomic E-state index is 13.0. The number of benzene rings is 2. The number of aromatic nitrogens is 1. The molecule has 8 heteroatoms. The molecule has 4 rings (SSSR count). The first-order chi connectivity index (χ1) is 17.3. The first-order valence-corrected chi connectivity index (χ1v) is 12.4. The summed E-state index contributed by atoms with van der Waals surface area (Å²) in [6.07, 6.45) is 5.68. The fourth-order valence-corrected chi connectivity index (χ4v) is 4.77. The van der Waals surface area contributed by atoms with Crippen LogP contribution in [0.25, 0.3) is 10.9 Å². The number of rotatable bonds is 4. The molecule has 0 spiro atoms. The molecular formula is C28H32N4O4. The molecule has 3 amide bonds. The van der Waals surface area contributed by atoms with Crippen molar-refractivity contribution >= 4 is 40.2 Å². The van der Waals surface area contributed by atoms with Gasteiger partial charge in [0.1, 0.15) is 0 Å². The SMILES string of the molecule is Cc1cc(C)c(NC(=O)Nc2cc3ccccc3nc2C(=O)NOC(=O)C2CCCCCC2)c(C)c1. The van der Waals surface area contributed by atoms with Crippen LogP contribution in [0.15, 0.2) is 42.5 Å². The lowest BCUT2D eigenvalue weighted by Gasteiger charge is -2.16. The van der Waals surface area contributed by atoms with Gasteiger partial charge in [-0.05, 0) is 56.9 Å². The molecule has 1 aromatic heterocycles. The van der Waals surface area contributed by atoms with Gasteiger partial charge in [0.2, 0.25) is 0 Å². The molecule has 1 saturated carbocycles. The molecule has 8 nitrogen and oxygen atoms in total. The minimum absolute atomic E-state index is 0.0464. The molecule has 1 heterocycles. The second-order valence-corrected chi connectivity index (χ2v) is 9.47. The molecule has 36 heavy (non-hydrogen) atoms. The highest BCUT2D eigenvalue weighted by molar-refractivity contribution is 6.07. The Balaban J connectivity index is 1.53. The number of carbonyl (C=O) groups is 3. The van der Waals surface area contributed by atoms with E-state index in [2.05, 4.69) is 21.1 Å². The Morgan fingerprint density at radius 1 is 0.889 bits per heavy atom. The number of para-hydroxylation sites is 1. The van der Waals surface area contributed by atoms with E-state index in [1.807, 2.05) is 51.1 Å². The summed E-state index contributed by atoms with van der Waals surface area (Å²) in [5, 5.41) is 6.37. The second-order valence-electron chi connectivity index (χ2n) is 9.47. The van der Waals surface area contributed by atoms with Gasteiger partial charge in [-0.2, -0.15) is 5.48 Å². The van der Waals surface area contributed by atoms with E-state index in [4.69, 9.17) is 4.84 Å². The van der Waals surface area contributed by atoms with E-state index < -0.39 is 17.9 Å². The van der Waals surface area contributed by atoms with Crippen LogP contribution in [-0.4, -0.2) is 22.9 Å². The van der Waals surface area contributed by atoms with Crippen LogP contribution in [0.5, 0.6) is 0 Å². The summed E-state index contributed by atoms with van der Waals surface area (Å²) in [6, 6.07) is 12.4. The van der Waals surface area contributed by atoms with Crippen LogP contribution in [0, 0.1) is 26.7 Å². The van der Waals surface area contributed by atoms with Crippen LogP contribution in [0.2, 0.25) is 0 Å². The van der Waals surface area contributed by atoms with Gasteiger partial charge in [0.05, 0.1) is 17.1 Å². The van der Waals surface area contributed by atoms with E-state index in [0.29, 0.717) is 11.2 Å². The number of hydroxylamine groups is 1. The summed E-state index contributed by atoms with van der Waals surface area (Å²) in [4.78, 5) is 48.1. The molecule has 0 atom stereocenters. The smallest absolute Gasteiger partial charge is 0.335 e. The van der Waals surface area contributed by atoms with Crippen LogP contribution in [0.4, 0.5) is 16.2 Å². The number of hydrogen-bond acceptors (Lipinski definition) is 5. The molecule has 1 aliphatic carbocycles. The predicted molar refractivity (Wildman–Crippen MR) is 140 cm³/mol. The lowest BCUT2D eigenvalue weighted by Crippen LogP contribution is -2.32. The van der Waals surface area contributed by atoms with Gasteiger partial charge in [-0.15, -0.1) is 0 Å². The van der Waals surface area contributed by atoms with Crippen LogP contribution >= 0.6 is 0 Å². The molecular weight excluding hydrogens is 456 g/mol. The van der Waals surface area contributed by atoms with Crippen molar-refractivity contribution in [2.75, 3.05) is 10.6 Å². The zero-order valence-corrected chi connectivity index (χ0v) is 20.9. The first kappa shape index (κ1) is 25.2. The van der Waals surface area contributed by atoms with Crippen molar-refractivity contribution < 1.29 is 19.2 Å². The zero-order chi connectivity index (χ0) is 25.7. The fraction of sp³-hybridized carbons (Fsp3) is 0.357. The van der Waals surface area contributed by atoms with Gasteiger partial charge in [0.25, 0.3) is 0 Å². The van der Waals surface area contributed by atoms with Crippen LogP contribution in [0.3, 0.4) is 0 Å². The highest BCUT2D eigenvalue weighted by atomic mass is 16.7. The maximum Gasteiger partial charge on any atom is 0.335 e. The third-order valence-electron chi connectivity index (χ3n) is 6.54. The number of carbonyl (C=O) groups excluding carboxylic acids is 3. The summed E-state index contributed by atoms with van der Waals surface area (Å²) in [5.41, 5.74) is 6.66. The van der Waals surface area contributed by atoms with Gasteiger partial charge >= 0.3 is 17.9 Å². The molecule has 0 unspecified atom stereocenters. The summed E-state index contributed by atoms with van der Waals surface area (Å²) >= 11 is 0. The standard InChI is InChI=1S/C28H32N4O4/c1-17-14-18(2)24(19(3)15-17)31-28(35)30-23-16-21-12-8-9-13-22(21)29-25(23)26(33)32-36-27(34)20-10-6-4-5-7-11-20/h8-9,12-16,20H,4-7,10-11H2,1-3H3,(H,32,33)(H2,30,31,35). The van der Waals surface area contributed by atoms with Gasteiger partial charge in [0, 0.05) is 11.1 Å². The molecule has 3 N–H and O–H groups in total. The van der Waals surface area contributed by atoms with E-state index >= 15 is 0 Å². The third kappa shape index (κ3) is 6.00. The fourth-order valence-electron chi connectivity index (χ4n) is 4.77. The van der Waals surface area contributed by atoms with E-state index in [0.717, 1.165) is 60.6 Å². The minimum atomic E-state index is -0.708. The molecule has 0 radical (unpaired) electrons. The Morgan fingerprint density at radius 3 is 2.25 bits per heavy atom. The van der Waals surface area contributed by atoms with Gasteiger partial charge in [-0.25, -0.2) is 14.6 Å². The van der Waals surface area contributed by atoms with Gasteiger partial charge in [0.15, 0.2) is 5.69 Å². The van der Waals surface area contributed by atoms with Crippen molar-refractivity contribution in [3.05, 3.63) is 64.8 Å². The van der Waals surface area contributed by atoms with Gasteiger partial charge in [-0.3, -0.25) is 4.79 Å². The Bertz CT molecular complexity index is 1270. The lowest BCUT2D eigenvalue weighted by atomic mass is 10.0. The number of amides is 3. The van der Waals surface area contributed by atoms with Crippen molar-refractivity contribution in [1.29, 1.82) is 0 Å². The molecule has 3 aromatic rings. The van der Waals surface area contributed by atoms with Crippen molar-refractivity contribution in [2.24, 2.45) is 5.92 Å². The Kier molecular flexibility index (Phi) is 7.83. The first-order valence-electron chi connectivity index (χ1n) is 12.4. The van der Waals surface area contributed by atoms with Crippen LogP contribution in [-0.2, 0) is 9.63 Å². The minimum Gasteiger partial charge on any atom is -0.340 e. The third-order valence-corrected chi connectivity index (χ3v) is 6.54. The van der Waals surface area contributed by atoms with Crippen LogP contribution < -0.4 is 16.1 Å². The van der Waals surface area contributed by atoms with E-state index in [9.17, 15) is 14.4 Å². The zero-order valence-electron chi connectivity index (χ0n) is 20.9. The Morgan fingerprint density at radius 2 is 1.56 bits per heavy atom. The Labute approximate surface area is 210 Å². The maximum absolute atomic E-state index is 13.0. The average Bonchev–Trinajstić information content (AvgIpc) is 3.14. The molecule has 1 fully saturated rings. The molecule has 188 valence electrons. The quantitative estimate of drug-likeness (QED) is 0.310. The highest BCUT2D eigenvalue weighted by Gasteiger charge is 2.24. The van der Waals surface area contributed by atoms with Gasteiger partial charge < -0.3 is 15.5 Å². The average molecular weight is 489 g/mol. The van der Waals surface area contributed by atoms with Crippen LogP contribution in [0.1, 0.15) is 65.7 Å². The Hall–Kier alpha value is -3.94. The van der Waals surface area contributed by atoms with Crippen molar-refractivity contribution in [3.8, 4) is 0 Å². The molecule has 0 aliphatic heterocycles. The highest BCUT2D eigenvalue weighted by Crippen LogP contribution is 2.26. The summed E-state index contributed by atoms with van der Waals surface area (Å²) in [6.45, 7) is 5.85. The van der Waals surface area contributed by atoms with Crippen molar-refractivity contribution in [2.45, 2.75) is 59.3 Å². The largest absolute Gasteiger partial charge is 0.340 e. The van der Waals surface area contributed by atoms with Crippen molar-refractivity contribution in [1.82, 2.24) is 10.5 Å². The number of nitrogens with zero attached hydrogens (tertiary/aromatic N) is 1. The van der Waals surface area contributed by atoms with E-state index in [-0.39, 0.29) is 17.3 Å². The number of pyridine rings is 1. The van der Waals surface area contributed by atoms with E-state index in [1.54, 1.807) is 12.1 Å². The monoisotopic (exact) mass is 488 g/mol. The summed E-state index contributed by atoms with van der Waals surface area (Å²) < 4.78 is 0. The predicted octanol–water partition coefficient (Wildman–Crippen LogP) is 5.96. The molecule has 2 aromatic carbocycles.